The molecule has 1 atom stereocenters. The van der Waals surface area contributed by atoms with E-state index in [-0.39, 0.29) is 11.9 Å². The van der Waals surface area contributed by atoms with Gasteiger partial charge in [-0.2, -0.15) is 0 Å². The molecule has 21 heavy (non-hydrogen) atoms. The minimum atomic E-state index is -0.127. The molecule has 1 aromatic carbocycles. The van der Waals surface area contributed by atoms with Gasteiger partial charge in [-0.25, -0.2) is 0 Å². The maximum atomic E-state index is 12.4. The third kappa shape index (κ3) is 4.04. The van der Waals surface area contributed by atoms with Crippen molar-refractivity contribution >= 4 is 34.8 Å². The molecule has 1 aliphatic carbocycles. The fourth-order valence-electron chi connectivity index (χ4n) is 3.08. The maximum Gasteiger partial charge on any atom is 0.251 e. The molecule has 1 unspecified atom stereocenters. The van der Waals surface area contributed by atoms with Gasteiger partial charge in [0.2, 0.25) is 0 Å². The van der Waals surface area contributed by atoms with Crippen molar-refractivity contribution in [2.24, 2.45) is 5.92 Å². The number of nitrogens with two attached hydrogens (primary N) is 1. The Morgan fingerprint density at radius 1 is 1.33 bits per heavy atom. The number of hydrogen-bond donors (Lipinski definition) is 2. The molecular formula is C16H22Cl2N2O. The molecule has 1 saturated carbocycles. The van der Waals surface area contributed by atoms with E-state index in [0.717, 1.165) is 6.42 Å². The molecule has 1 fully saturated rings. The van der Waals surface area contributed by atoms with Crippen LogP contribution in [0.3, 0.4) is 0 Å². The van der Waals surface area contributed by atoms with Crippen LogP contribution >= 0.6 is 23.2 Å². The lowest BCUT2D eigenvalue weighted by Gasteiger charge is -2.30. The predicted octanol–water partition coefficient (Wildman–Crippen LogP) is 4.66. The molecule has 0 radical (unpaired) electrons. The predicted molar refractivity (Wildman–Crippen MR) is 89.0 cm³/mol. The highest BCUT2D eigenvalue weighted by Crippen LogP contribution is 2.30. The van der Waals surface area contributed by atoms with E-state index in [0.29, 0.717) is 27.2 Å². The van der Waals surface area contributed by atoms with Gasteiger partial charge in [0, 0.05) is 11.6 Å². The first-order valence-electron chi connectivity index (χ1n) is 7.58. The van der Waals surface area contributed by atoms with E-state index in [1.54, 1.807) is 12.1 Å². The van der Waals surface area contributed by atoms with Crippen LogP contribution < -0.4 is 11.1 Å². The van der Waals surface area contributed by atoms with E-state index in [9.17, 15) is 4.79 Å². The fraction of sp³-hybridized carbons (Fsp3) is 0.562. The van der Waals surface area contributed by atoms with E-state index in [4.69, 9.17) is 28.9 Å². The SMILES string of the molecule is CCC(NC(=O)c1cc(N)c(Cl)c(Cl)c1)C1CCCCC1. The van der Waals surface area contributed by atoms with Crippen LogP contribution in [0.1, 0.15) is 55.8 Å². The van der Waals surface area contributed by atoms with Crippen LogP contribution in [0.15, 0.2) is 12.1 Å². The second-order valence-electron chi connectivity index (χ2n) is 5.75. The Labute approximate surface area is 136 Å². The minimum absolute atomic E-state index is 0.127. The summed E-state index contributed by atoms with van der Waals surface area (Å²) in [5, 5.41) is 3.74. The van der Waals surface area contributed by atoms with Gasteiger partial charge in [0.25, 0.3) is 5.91 Å². The molecular weight excluding hydrogens is 307 g/mol. The lowest BCUT2D eigenvalue weighted by molar-refractivity contribution is 0.0911. The molecule has 0 spiro atoms. The van der Waals surface area contributed by atoms with Gasteiger partial charge in [0.1, 0.15) is 0 Å². The van der Waals surface area contributed by atoms with Gasteiger partial charge in [0.15, 0.2) is 0 Å². The lowest BCUT2D eigenvalue weighted by atomic mass is 9.83. The normalized spacial score (nSPS) is 17.5. The van der Waals surface area contributed by atoms with Crippen LogP contribution in [-0.4, -0.2) is 11.9 Å². The molecule has 0 aliphatic heterocycles. The summed E-state index contributed by atoms with van der Waals surface area (Å²) >= 11 is 11.9. The number of carbonyl (C=O) groups excluding carboxylic acids is 1. The Bertz CT molecular complexity index is 490. The average Bonchev–Trinajstić information content (AvgIpc) is 2.50. The van der Waals surface area contributed by atoms with Crippen LogP contribution in [-0.2, 0) is 0 Å². The summed E-state index contributed by atoms with van der Waals surface area (Å²) in [5.74, 6) is 0.450. The minimum Gasteiger partial charge on any atom is -0.397 e. The number of hydrogen-bond acceptors (Lipinski definition) is 2. The van der Waals surface area contributed by atoms with E-state index >= 15 is 0 Å². The van der Waals surface area contributed by atoms with Gasteiger partial charge >= 0.3 is 0 Å². The summed E-state index contributed by atoms with van der Waals surface area (Å²) in [4.78, 5) is 12.4. The van der Waals surface area contributed by atoms with Gasteiger partial charge in [-0.3, -0.25) is 4.79 Å². The first-order valence-corrected chi connectivity index (χ1v) is 8.34. The molecule has 0 saturated heterocycles. The average molecular weight is 329 g/mol. The highest BCUT2D eigenvalue weighted by Gasteiger charge is 2.24. The van der Waals surface area contributed by atoms with Crippen molar-refractivity contribution in [3.05, 3.63) is 27.7 Å². The molecule has 2 rings (SSSR count). The Balaban J connectivity index is 2.08. The largest absolute Gasteiger partial charge is 0.397 e. The van der Waals surface area contributed by atoms with Crippen LogP contribution in [0.25, 0.3) is 0 Å². The Morgan fingerprint density at radius 2 is 2.00 bits per heavy atom. The number of rotatable bonds is 4. The zero-order chi connectivity index (χ0) is 15.4. The molecule has 1 amide bonds. The molecule has 3 nitrogen and oxygen atoms in total. The molecule has 1 aliphatic rings. The zero-order valence-electron chi connectivity index (χ0n) is 12.3. The van der Waals surface area contributed by atoms with Crippen molar-refractivity contribution in [3.63, 3.8) is 0 Å². The topological polar surface area (TPSA) is 55.1 Å². The Morgan fingerprint density at radius 3 is 2.57 bits per heavy atom. The van der Waals surface area contributed by atoms with Crippen molar-refractivity contribution in [2.45, 2.75) is 51.5 Å². The van der Waals surface area contributed by atoms with Crippen LogP contribution in [0.5, 0.6) is 0 Å². The molecule has 1 aromatic rings. The third-order valence-corrected chi connectivity index (χ3v) is 5.11. The fourth-order valence-corrected chi connectivity index (χ4v) is 3.42. The van der Waals surface area contributed by atoms with Crippen molar-refractivity contribution in [1.29, 1.82) is 0 Å². The van der Waals surface area contributed by atoms with Crippen LogP contribution in [0.4, 0.5) is 5.69 Å². The number of halogens is 2. The van der Waals surface area contributed by atoms with Crippen LogP contribution in [0, 0.1) is 5.92 Å². The second kappa shape index (κ2) is 7.37. The lowest BCUT2D eigenvalue weighted by Crippen LogP contribution is -2.40. The van der Waals surface area contributed by atoms with E-state index in [1.165, 1.54) is 32.1 Å². The van der Waals surface area contributed by atoms with E-state index < -0.39 is 0 Å². The number of benzene rings is 1. The van der Waals surface area contributed by atoms with E-state index in [1.807, 2.05) is 0 Å². The van der Waals surface area contributed by atoms with Crippen molar-refractivity contribution in [3.8, 4) is 0 Å². The van der Waals surface area contributed by atoms with Gasteiger partial charge in [-0.15, -0.1) is 0 Å². The van der Waals surface area contributed by atoms with Gasteiger partial charge in [-0.1, -0.05) is 49.4 Å². The third-order valence-electron chi connectivity index (χ3n) is 4.29. The summed E-state index contributed by atoms with van der Waals surface area (Å²) in [5.41, 5.74) is 6.57. The van der Waals surface area contributed by atoms with Gasteiger partial charge < -0.3 is 11.1 Å². The van der Waals surface area contributed by atoms with Crippen LogP contribution in [0.2, 0.25) is 10.0 Å². The van der Waals surface area contributed by atoms with Crippen molar-refractivity contribution in [1.82, 2.24) is 5.32 Å². The molecule has 3 N–H and O–H groups in total. The number of anilines is 1. The maximum absolute atomic E-state index is 12.4. The summed E-state index contributed by atoms with van der Waals surface area (Å²) in [7, 11) is 0. The summed E-state index contributed by atoms with van der Waals surface area (Å²) in [6, 6.07) is 3.37. The summed E-state index contributed by atoms with van der Waals surface area (Å²) in [6.07, 6.45) is 7.16. The van der Waals surface area contributed by atoms with E-state index in [2.05, 4.69) is 12.2 Å². The zero-order valence-corrected chi connectivity index (χ0v) is 13.8. The second-order valence-corrected chi connectivity index (χ2v) is 6.53. The first-order chi connectivity index (χ1) is 10.0. The quantitative estimate of drug-likeness (QED) is 0.789. The number of amides is 1. The van der Waals surface area contributed by atoms with Gasteiger partial charge in [0.05, 0.1) is 15.7 Å². The molecule has 0 bridgehead atoms. The highest BCUT2D eigenvalue weighted by atomic mass is 35.5. The Kier molecular flexibility index (Phi) is 5.77. The molecule has 0 heterocycles. The Hall–Kier alpha value is -0.930. The summed E-state index contributed by atoms with van der Waals surface area (Å²) < 4.78 is 0. The van der Waals surface area contributed by atoms with Crippen molar-refractivity contribution < 1.29 is 4.79 Å². The number of carbonyl (C=O) groups is 1. The standard InChI is InChI=1S/C16H22Cl2N2O/c1-2-14(10-6-4-3-5-7-10)20-16(21)11-8-12(17)15(18)13(19)9-11/h8-10,14H,2-7,19H2,1H3,(H,20,21). The number of nitrogens with one attached hydrogen (secondary N) is 1. The first kappa shape index (κ1) is 16.4. The number of nitrogen functional groups attached to an aromatic ring is 1. The highest BCUT2D eigenvalue weighted by molar-refractivity contribution is 6.43. The molecule has 116 valence electrons. The summed E-state index contributed by atoms with van der Waals surface area (Å²) in [6.45, 7) is 2.11. The monoisotopic (exact) mass is 328 g/mol. The molecule has 5 heteroatoms. The van der Waals surface area contributed by atoms with Crippen molar-refractivity contribution in [2.75, 3.05) is 5.73 Å². The molecule has 0 aromatic heterocycles. The smallest absolute Gasteiger partial charge is 0.251 e. The van der Waals surface area contributed by atoms with Gasteiger partial charge in [-0.05, 0) is 37.3 Å².